The minimum atomic E-state index is -1.21. The smallest absolute Gasteiger partial charge is 0.337 e. The van der Waals surface area contributed by atoms with Crippen LogP contribution in [0.2, 0.25) is 0 Å². The van der Waals surface area contributed by atoms with Crippen molar-refractivity contribution in [1.29, 1.82) is 0 Å². The molecular formula is C14H11Br4NO3. The Morgan fingerprint density at radius 3 is 1.68 bits per heavy atom. The highest BCUT2D eigenvalue weighted by Crippen LogP contribution is 2.42. The van der Waals surface area contributed by atoms with Gasteiger partial charge < -0.3 is 10.0 Å². The summed E-state index contributed by atoms with van der Waals surface area (Å²) in [6.07, 6.45) is 3.14. The Morgan fingerprint density at radius 2 is 1.32 bits per heavy atom. The van der Waals surface area contributed by atoms with Gasteiger partial charge in [-0.3, -0.25) is 4.79 Å². The maximum Gasteiger partial charge on any atom is 0.337 e. The summed E-state index contributed by atoms with van der Waals surface area (Å²) in [5.41, 5.74) is -0.0665. The lowest BCUT2D eigenvalue weighted by Gasteiger charge is -2.22. The van der Waals surface area contributed by atoms with E-state index in [1.807, 2.05) is 0 Å². The van der Waals surface area contributed by atoms with E-state index in [0.717, 1.165) is 0 Å². The summed E-state index contributed by atoms with van der Waals surface area (Å²) in [5.74, 6) is -1.64. The number of hydrogen-bond donors (Lipinski definition) is 1. The van der Waals surface area contributed by atoms with Crippen LogP contribution in [0.15, 0.2) is 43.2 Å². The Kier molecular flexibility index (Phi) is 7.51. The van der Waals surface area contributed by atoms with Crippen molar-refractivity contribution in [2.24, 2.45) is 0 Å². The van der Waals surface area contributed by atoms with Gasteiger partial charge in [-0.2, -0.15) is 0 Å². The molecule has 8 heteroatoms. The molecular weight excluding hydrogens is 550 g/mol. The molecule has 0 aliphatic carbocycles. The van der Waals surface area contributed by atoms with Crippen LogP contribution >= 0.6 is 63.7 Å². The summed E-state index contributed by atoms with van der Waals surface area (Å²) < 4.78 is 1.70. The van der Waals surface area contributed by atoms with E-state index in [9.17, 15) is 14.7 Å². The molecule has 1 rings (SSSR count). The van der Waals surface area contributed by atoms with E-state index in [0.29, 0.717) is 13.4 Å². The fourth-order valence-electron chi connectivity index (χ4n) is 1.74. The molecule has 1 N–H and O–H groups in total. The number of amides is 1. The van der Waals surface area contributed by atoms with Crippen LogP contribution < -0.4 is 0 Å². The van der Waals surface area contributed by atoms with Gasteiger partial charge in [-0.05, 0) is 63.7 Å². The van der Waals surface area contributed by atoms with Crippen LogP contribution in [0, 0.1) is 0 Å². The highest BCUT2D eigenvalue weighted by molar-refractivity contribution is 9.15. The lowest BCUT2D eigenvalue weighted by molar-refractivity contribution is 0.0679. The van der Waals surface area contributed by atoms with E-state index in [4.69, 9.17) is 0 Å². The predicted octanol–water partition coefficient (Wildman–Crippen LogP) is 5.25. The zero-order valence-corrected chi connectivity index (χ0v) is 17.5. The molecule has 0 fully saturated rings. The molecule has 0 spiro atoms. The average Bonchev–Trinajstić information content (AvgIpc) is 2.47. The zero-order chi connectivity index (χ0) is 17.0. The van der Waals surface area contributed by atoms with Gasteiger partial charge in [0.05, 0.1) is 11.1 Å². The zero-order valence-electron chi connectivity index (χ0n) is 11.2. The SMILES string of the molecule is C=CCN(CC=C)C(=O)c1c(Br)c(Br)c(Br)c(Br)c1C(=O)O. The fourth-order valence-corrected chi connectivity index (χ4v) is 4.20. The van der Waals surface area contributed by atoms with Crippen molar-refractivity contribution in [3.8, 4) is 0 Å². The number of aromatic carboxylic acids is 1. The molecule has 0 heterocycles. The Morgan fingerprint density at radius 1 is 0.909 bits per heavy atom. The normalized spacial score (nSPS) is 10.2. The van der Waals surface area contributed by atoms with E-state index in [2.05, 4.69) is 76.9 Å². The first kappa shape index (κ1) is 19.6. The van der Waals surface area contributed by atoms with Crippen molar-refractivity contribution in [1.82, 2.24) is 4.90 Å². The van der Waals surface area contributed by atoms with Crippen molar-refractivity contribution in [3.63, 3.8) is 0 Å². The molecule has 1 aromatic carbocycles. The average molecular weight is 561 g/mol. The third-order valence-electron chi connectivity index (χ3n) is 2.68. The molecule has 1 aromatic rings. The fraction of sp³-hybridized carbons (Fsp3) is 0.143. The van der Waals surface area contributed by atoms with Gasteiger partial charge in [0, 0.05) is 31.0 Å². The topological polar surface area (TPSA) is 57.6 Å². The molecule has 22 heavy (non-hydrogen) atoms. The summed E-state index contributed by atoms with van der Waals surface area (Å²) in [6, 6.07) is 0. The number of carboxylic acids is 1. The third kappa shape index (κ3) is 3.90. The molecule has 0 saturated heterocycles. The highest BCUT2D eigenvalue weighted by atomic mass is 79.9. The molecule has 0 radical (unpaired) electrons. The van der Waals surface area contributed by atoms with E-state index in [-0.39, 0.29) is 28.7 Å². The predicted molar refractivity (Wildman–Crippen MR) is 100 cm³/mol. The minimum absolute atomic E-state index is 0.0538. The summed E-state index contributed by atoms with van der Waals surface area (Å²) in [6.45, 7) is 7.77. The standard InChI is InChI=1S/C14H11Br4NO3/c1-3-5-19(6-4-2)13(20)7-8(14(21)22)10(16)12(18)11(17)9(7)15/h3-4H,1-2,5-6H2,(H,21,22). The molecule has 0 aromatic heterocycles. The van der Waals surface area contributed by atoms with E-state index < -0.39 is 11.9 Å². The van der Waals surface area contributed by atoms with Crippen molar-refractivity contribution >= 4 is 75.6 Å². The molecule has 0 atom stereocenters. The molecule has 0 aliphatic rings. The van der Waals surface area contributed by atoms with Gasteiger partial charge in [-0.15, -0.1) is 13.2 Å². The Bertz CT molecular complexity index is 648. The number of benzene rings is 1. The van der Waals surface area contributed by atoms with Crippen LogP contribution in [0.4, 0.5) is 0 Å². The first-order chi connectivity index (χ1) is 10.3. The lowest BCUT2D eigenvalue weighted by atomic mass is 10.1. The lowest BCUT2D eigenvalue weighted by Crippen LogP contribution is -2.33. The quantitative estimate of drug-likeness (QED) is 0.294. The van der Waals surface area contributed by atoms with Gasteiger partial charge in [0.2, 0.25) is 0 Å². The number of nitrogens with zero attached hydrogens (tertiary/aromatic N) is 1. The number of halogens is 4. The molecule has 0 bridgehead atoms. The summed E-state index contributed by atoms with van der Waals surface area (Å²) in [7, 11) is 0. The van der Waals surface area contributed by atoms with Crippen molar-refractivity contribution in [3.05, 3.63) is 54.3 Å². The van der Waals surface area contributed by atoms with Gasteiger partial charge in [-0.25, -0.2) is 4.79 Å². The van der Waals surface area contributed by atoms with E-state index >= 15 is 0 Å². The Labute approximate surface area is 161 Å². The van der Waals surface area contributed by atoms with Crippen molar-refractivity contribution < 1.29 is 14.7 Å². The molecule has 1 amide bonds. The highest BCUT2D eigenvalue weighted by Gasteiger charge is 2.29. The van der Waals surface area contributed by atoms with Gasteiger partial charge in [0.25, 0.3) is 5.91 Å². The number of hydrogen-bond acceptors (Lipinski definition) is 2. The van der Waals surface area contributed by atoms with Crippen LogP contribution in [-0.4, -0.2) is 35.0 Å². The van der Waals surface area contributed by atoms with E-state index in [1.165, 1.54) is 4.90 Å². The second-order valence-electron chi connectivity index (χ2n) is 4.10. The van der Waals surface area contributed by atoms with Gasteiger partial charge in [-0.1, -0.05) is 12.2 Å². The Hall–Kier alpha value is -0.440. The number of rotatable bonds is 6. The summed E-state index contributed by atoms with van der Waals surface area (Å²) in [4.78, 5) is 25.8. The van der Waals surface area contributed by atoms with Gasteiger partial charge in [0.15, 0.2) is 0 Å². The molecule has 4 nitrogen and oxygen atoms in total. The van der Waals surface area contributed by atoms with Crippen LogP contribution in [-0.2, 0) is 0 Å². The molecule has 0 aliphatic heterocycles. The van der Waals surface area contributed by atoms with E-state index in [1.54, 1.807) is 12.2 Å². The van der Waals surface area contributed by atoms with Crippen LogP contribution in [0.3, 0.4) is 0 Å². The first-order valence-electron chi connectivity index (χ1n) is 5.88. The monoisotopic (exact) mass is 557 g/mol. The molecule has 118 valence electrons. The third-order valence-corrected chi connectivity index (χ3v) is 7.45. The van der Waals surface area contributed by atoms with Gasteiger partial charge >= 0.3 is 5.97 Å². The minimum Gasteiger partial charge on any atom is -0.478 e. The van der Waals surface area contributed by atoms with Gasteiger partial charge in [0.1, 0.15) is 0 Å². The largest absolute Gasteiger partial charge is 0.478 e. The maximum absolute atomic E-state index is 12.8. The second-order valence-corrected chi connectivity index (χ2v) is 7.27. The number of carbonyl (C=O) groups excluding carboxylic acids is 1. The van der Waals surface area contributed by atoms with Crippen LogP contribution in [0.5, 0.6) is 0 Å². The van der Waals surface area contributed by atoms with Crippen LogP contribution in [0.1, 0.15) is 20.7 Å². The van der Waals surface area contributed by atoms with Crippen LogP contribution in [0.25, 0.3) is 0 Å². The van der Waals surface area contributed by atoms with Crippen molar-refractivity contribution in [2.45, 2.75) is 0 Å². The first-order valence-corrected chi connectivity index (χ1v) is 9.05. The number of carbonyl (C=O) groups is 2. The summed E-state index contributed by atoms with van der Waals surface area (Å²) in [5, 5.41) is 9.48. The van der Waals surface area contributed by atoms with Crippen molar-refractivity contribution in [2.75, 3.05) is 13.1 Å². The molecule has 0 saturated carbocycles. The Balaban J connectivity index is 3.63. The summed E-state index contributed by atoms with van der Waals surface area (Å²) >= 11 is 13.1. The maximum atomic E-state index is 12.8. The number of carboxylic acid groups (broad SMARTS) is 1. The molecule has 0 unspecified atom stereocenters. The second kappa shape index (κ2) is 8.42.